The van der Waals surface area contributed by atoms with E-state index in [1.54, 1.807) is 6.92 Å². The molecule has 0 radical (unpaired) electrons. The molecule has 14 heavy (non-hydrogen) atoms. The maximum Gasteiger partial charge on any atom is 0.333 e. The summed E-state index contributed by atoms with van der Waals surface area (Å²) in [5.74, 6) is 0. The van der Waals surface area contributed by atoms with E-state index in [-0.39, 0.29) is 23.5 Å². The van der Waals surface area contributed by atoms with Gasteiger partial charge in [0.1, 0.15) is 0 Å². The summed E-state index contributed by atoms with van der Waals surface area (Å²) < 4.78 is 16.7. The fourth-order valence-electron chi connectivity index (χ4n) is 2.20. The standard InChI is InChI=1S/C8H16NO3P.ClH/c1-2-12-13(10,11)7-5-9-6-8(7)3-4-8;/h7,9H,2-6H2,1H3,(H,10,11);1H. The highest BCUT2D eigenvalue weighted by Gasteiger charge is 2.59. The van der Waals surface area contributed by atoms with E-state index in [4.69, 9.17) is 4.52 Å². The number of rotatable bonds is 3. The molecule has 84 valence electrons. The molecular weight excluding hydrogens is 225 g/mol. The maximum atomic E-state index is 11.8. The van der Waals surface area contributed by atoms with E-state index in [0.29, 0.717) is 13.2 Å². The lowest BCUT2D eigenvalue weighted by molar-refractivity contribution is 0.257. The Kier molecular flexibility index (Phi) is 3.66. The molecule has 0 aromatic carbocycles. The first-order valence-electron chi connectivity index (χ1n) is 4.78. The van der Waals surface area contributed by atoms with Gasteiger partial charge in [0.25, 0.3) is 0 Å². The van der Waals surface area contributed by atoms with Gasteiger partial charge in [-0.1, -0.05) is 0 Å². The highest BCUT2D eigenvalue weighted by molar-refractivity contribution is 7.53. The molecule has 0 bridgehead atoms. The van der Waals surface area contributed by atoms with Crippen molar-refractivity contribution >= 4 is 20.0 Å². The normalized spacial score (nSPS) is 32.3. The molecule has 6 heteroatoms. The zero-order valence-corrected chi connectivity index (χ0v) is 9.94. The third kappa shape index (κ3) is 2.00. The fourth-order valence-corrected chi connectivity index (χ4v) is 4.15. The van der Waals surface area contributed by atoms with Crippen LogP contribution in [0.25, 0.3) is 0 Å². The summed E-state index contributed by atoms with van der Waals surface area (Å²) in [5.41, 5.74) is -0.0700. The second-order valence-corrected chi connectivity index (χ2v) is 6.00. The Morgan fingerprint density at radius 1 is 1.64 bits per heavy atom. The quantitative estimate of drug-likeness (QED) is 0.733. The monoisotopic (exact) mass is 241 g/mol. The first-order valence-corrected chi connectivity index (χ1v) is 6.43. The number of hydrogen-bond donors (Lipinski definition) is 2. The Hall–Kier alpha value is 0.400. The Bertz CT molecular complexity index is 257. The van der Waals surface area contributed by atoms with Gasteiger partial charge in [0.05, 0.1) is 12.3 Å². The molecule has 1 saturated carbocycles. The molecule has 0 amide bonds. The van der Waals surface area contributed by atoms with Gasteiger partial charge in [0.2, 0.25) is 0 Å². The molecule has 1 saturated heterocycles. The predicted octanol–water partition coefficient (Wildman–Crippen LogP) is 1.38. The molecule has 0 aromatic rings. The summed E-state index contributed by atoms with van der Waals surface area (Å²) in [6, 6.07) is 0. The summed E-state index contributed by atoms with van der Waals surface area (Å²) in [5, 5.41) is 3.18. The van der Waals surface area contributed by atoms with E-state index < -0.39 is 7.60 Å². The van der Waals surface area contributed by atoms with Crippen molar-refractivity contribution in [3.05, 3.63) is 0 Å². The second-order valence-electron chi connectivity index (χ2n) is 3.99. The lowest BCUT2D eigenvalue weighted by Gasteiger charge is -2.22. The number of hydrogen-bond acceptors (Lipinski definition) is 3. The van der Waals surface area contributed by atoms with Crippen LogP contribution in [-0.4, -0.2) is 30.2 Å². The number of halogens is 1. The number of nitrogens with one attached hydrogen (secondary N) is 1. The van der Waals surface area contributed by atoms with Gasteiger partial charge < -0.3 is 14.7 Å². The largest absolute Gasteiger partial charge is 0.333 e. The van der Waals surface area contributed by atoms with Crippen LogP contribution in [0.5, 0.6) is 0 Å². The van der Waals surface area contributed by atoms with Crippen LogP contribution >= 0.6 is 20.0 Å². The average molecular weight is 242 g/mol. The van der Waals surface area contributed by atoms with Crippen LogP contribution in [0.15, 0.2) is 0 Å². The first-order chi connectivity index (χ1) is 6.11. The second kappa shape index (κ2) is 4.11. The highest BCUT2D eigenvalue weighted by atomic mass is 35.5. The molecule has 4 nitrogen and oxygen atoms in total. The van der Waals surface area contributed by atoms with Crippen molar-refractivity contribution < 1.29 is 14.0 Å². The molecule has 1 aliphatic heterocycles. The van der Waals surface area contributed by atoms with Crippen molar-refractivity contribution in [1.29, 1.82) is 0 Å². The van der Waals surface area contributed by atoms with Crippen molar-refractivity contribution in [2.75, 3.05) is 19.7 Å². The topological polar surface area (TPSA) is 58.6 Å². The van der Waals surface area contributed by atoms with Crippen LogP contribution in [0.3, 0.4) is 0 Å². The Labute approximate surface area is 90.4 Å². The average Bonchev–Trinajstić information content (AvgIpc) is 2.61. The SMILES string of the molecule is CCOP(=O)(O)C1CNCC12CC2.Cl. The van der Waals surface area contributed by atoms with Crippen LogP contribution < -0.4 is 5.32 Å². The Morgan fingerprint density at radius 2 is 2.29 bits per heavy atom. The third-order valence-corrected chi connectivity index (χ3v) is 5.27. The van der Waals surface area contributed by atoms with E-state index >= 15 is 0 Å². The summed E-state index contributed by atoms with van der Waals surface area (Å²) >= 11 is 0. The smallest absolute Gasteiger partial charge is 0.324 e. The summed E-state index contributed by atoms with van der Waals surface area (Å²) in [4.78, 5) is 9.68. The molecular formula is C8H17ClNO3P. The Morgan fingerprint density at radius 3 is 2.79 bits per heavy atom. The molecule has 0 aromatic heterocycles. The predicted molar refractivity (Wildman–Crippen MR) is 57.0 cm³/mol. The van der Waals surface area contributed by atoms with Crippen LogP contribution in [0.4, 0.5) is 0 Å². The van der Waals surface area contributed by atoms with Gasteiger partial charge in [0.15, 0.2) is 0 Å². The third-order valence-electron chi connectivity index (χ3n) is 3.12. The van der Waals surface area contributed by atoms with E-state index in [1.165, 1.54) is 0 Å². The van der Waals surface area contributed by atoms with Crippen LogP contribution in [0.1, 0.15) is 19.8 Å². The molecule has 1 aliphatic carbocycles. The van der Waals surface area contributed by atoms with E-state index in [0.717, 1.165) is 19.4 Å². The maximum absolute atomic E-state index is 11.8. The molecule has 2 aliphatic rings. The van der Waals surface area contributed by atoms with Crippen molar-refractivity contribution in [2.24, 2.45) is 5.41 Å². The Balaban J connectivity index is 0.000000980. The molecule has 2 fully saturated rings. The minimum Gasteiger partial charge on any atom is -0.324 e. The first kappa shape index (κ1) is 12.5. The van der Waals surface area contributed by atoms with Gasteiger partial charge in [-0.3, -0.25) is 4.57 Å². The van der Waals surface area contributed by atoms with Crippen LogP contribution in [0, 0.1) is 5.41 Å². The van der Waals surface area contributed by atoms with Crippen molar-refractivity contribution in [3.63, 3.8) is 0 Å². The van der Waals surface area contributed by atoms with Gasteiger partial charge in [-0.05, 0) is 25.2 Å². The van der Waals surface area contributed by atoms with E-state index in [2.05, 4.69) is 5.32 Å². The molecule has 2 rings (SSSR count). The van der Waals surface area contributed by atoms with E-state index in [1.807, 2.05) is 0 Å². The van der Waals surface area contributed by atoms with Gasteiger partial charge in [-0.15, -0.1) is 12.4 Å². The van der Waals surface area contributed by atoms with Gasteiger partial charge >= 0.3 is 7.60 Å². The summed E-state index contributed by atoms with van der Waals surface area (Å²) in [7, 11) is -3.36. The highest BCUT2D eigenvalue weighted by Crippen LogP contribution is 2.64. The van der Waals surface area contributed by atoms with Crippen LogP contribution in [-0.2, 0) is 9.09 Å². The van der Waals surface area contributed by atoms with Gasteiger partial charge in [-0.2, -0.15) is 0 Å². The molecule has 1 heterocycles. The lowest BCUT2D eigenvalue weighted by Crippen LogP contribution is -2.21. The van der Waals surface area contributed by atoms with Crippen LogP contribution in [0.2, 0.25) is 0 Å². The summed E-state index contributed by atoms with van der Waals surface area (Å²) in [6.45, 7) is 3.59. The minimum absolute atomic E-state index is 0. The van der Waals surface area contributed by atoms with Crippen molar-refractivity contribution in [1.82, 2.24) is 5.32 Å². The molecule has 1 spiro atoms. The molecule has 2 unspecified atom stereocenters. The van der Waals surface area contributed by atoms with Crippen molar-refractivity contribution in [2.45, 2.75) is 25.4 Å². The zero-order chi connectivity index (χ0) is 9.53. The molecule has 2 atom stereocenters. The minimum atomic E-state index is -3.36. The van der Waals surface area contributed by atoms with Gasteiger partial charge in [0, 0.05) is 13.1 Å². The van der Waals surface area contributed by atoms with Crippen molar-refractivity contribution in [3.8, 4) is 0 Å². The lowest BCUT2D eigenvalue weighted by atomic mass is 10.1. The van der Waals surface area contributed by atoms with Gasteiger partial charge in [-0.25, -0.2) is 0 Å². The summed E-state index contributed by atoms with van der Waals surface area (Å²) in [6.07, 6.45) is 2.14. The van der Waals surface area contributed by atoms with E-state index in [9.17, 15) is 9.46 Å². The molecule has 2 N–H and O–H groups in total. The zero-order valence-electron chi connectivity index (χ0n) is 8.23. The fraction of sp³-hybridized carbons (Fsp3) is 1.00.